The lowest BCUT2D eigenvalue weighted by atomic mass is 9.77. The Bertz CT molecular complexity index is 754. The number of carbonyl (C=O) groups excluding carboxylic acids is 3. The zero-order valence-corrected chi connectivity index (χ0v) is 14.0. The first-order valence-corrected chi connectivity index (χ1v) is 7.99. The molecule has 0 aliphatic carbocycles. The highest BCUT2D eigenvalue weighted by Crippen LogP contribution is 2.42. The van der Waals surface area contributed by atoms with Crippen LogP contribution in [0.5, 0.6) is 5.75 Å². The highest BCUT2D eigenvalue weighted by Gasteiger charge is 2.53. The number of hydrogen-bond donors (Lipinski definition) is 0. The Kier molecular flexibility index (Phi) is 4.60. The minimum atomic E-state index is -0.822. The molecule has 10 heteroatoms. The summed E-state index contributed by atoms with van der Waals surface area (Å²) < 4.78 is 5.21. The average Bonchev–Trinajstić information content (AvgIpc) is 2.85. The number of hydroxylamine groups is 2. The molecule has 2 aliphatic rings. The summed E-state index contributed by atoms with van der Waals surface area (Å²) >= 11 is 0. The van der Waals surface area contributed by atoms with Gasteiger partial charge in [0.2, 0.25) is 0 Å². The SMILES string of the molecule is CON1C(=O)CC2(CCN(C(=O)Oc3ccc([N+](=O)[O-])cc3)CC2)C1=O. The summed E-state index contributed by atoms with van der Waals surface area (Å²) in [7, 11) is 1.27. The molecule has 0 saturated carbocycles. The highest BCUT2D eigenvalue weighted by atomic mass is 16.7. The molecule has 0 aromatic heterocycles. The Balaban J connectivity index is 1.59. The molecule has 10 nitrogen and oxygen atoms in total. The van der Waals surface area contributed by atoms with Gasteiger partial charge in [-0.15, -0.1) is 0 Å². The monoisotopic (exact) mass is 363 g/mol. The van der Waals surface area contributed by atoms with E-state index < -0.39 is 16.4 Å². The number of benzene rings is 1. The van der Waals surface area contributed by atoms with Crippen LogP contribution in [0.3, 0.4) is 0 Å². The fraction of sp³-hybridized carbons (Fsp3) is 0.438. The summed E-state index contributed by atoms with van der Waals surface area (Å²) in [5.41, 5.74) is -0.922. The molecule has 3 amide bonds. The summed E-state index contributed by atoms with van der Waals surface area (Å²) in [6.07, 6.45) is 0.152. The number of rotatable bonds is 3. The molecule has 0 bridgehead atoms. The molecule has 26 heavy (non-hydrogen) atoms. The molecule has 2 saturated heterocycles. The lowest BCUT2D eigenvalue weighted by Gasteiger charge is -2.36. The van der Waals surface area contributed by atoms with Crippen LogP contribution in [0.4, 0.5) is 10.5 Å². The lowest BCUT2D eigenvalue weighted by Crippen LogP contribution is -2.47. The Labute approximate surface area is 148 Å². The van der Waals surface area contributed by atoms with Gasteiger partial charge < -0.3 is 9.64 Å². The third-order valence-electron chi connectivity index (χ3n) is 4.77. The molecule has 1 aromatic rings. The molecular weight excluding hydrogens is 346 g/mol. The molecule has 1 aromatic carbocycles. The second kappa shape index (κ2) is 6.71. The maximum absolute atomic E-state index is 12.4. The van der Waals surface area contributed by atoms with E-state index in [-0.39, 0.29) is 42.8 Å². The number of likely N-dealkylation sites (tertiary alicyclic amines) is 1. The summed E-state index contributed by atoms with van der Waals surface area (Å²) in [6, 6.07) is 5.18. The maximum Gasteiger partial charge on any atom is 0.415 e. The Morgan fingerprint density at radius 1 is 1.19 bits per heavy atom. The third kappa shape index (κ3) is 3.10. The van der Waals surface area contributed by atoms with E-state index in [4.69, 9.17) is 9.57 Å². The van der Waals surface area contributed by atoms with E-state index in [1.54, 1.807) is 0 Å². The number of hydrogen-bond acceptors (Lipinski definition) is 7. The van der Waals surface area contributed by atoms with Crippen LogP contribution >= 0.6 is 0 Å². The van der Waals surface area contributed by atoms with Crippen LogP contribution < -0.4 is 4.74 Å². The average molecular weight is 363 g/mol. The van der Waals surface area contributed by atoms with Gasteiger partial charge in [-0.1, -0.05) is 0 Å². The molecule has 0 atom stereocenters. The van der Waals surface area contributed by atoms with Gasteiger partial charge in [0.1, 0.15) is 5.75 Å². The molecule has 1 spiro atoms. The number of nitro groups is 1. The van der Waals surface area contributed by atoms with Gasteiger partial charge in [-0.2, -0.15) is 5.06 Å². The van der Waals surface area contributed by atoms with E-state index in [1.165, 1.54) is 36.3 Å². The van der Waals surface area contributed by atoms with Gasteiger partial charge in [-0.25, -0.2) is 4.79 Å². The summed E-state index contributed by atoms with van der Waals surface area (Å²) in [5, 5.41) is 11.4. The largest absolute Gasteiger partial charge is 0.415 e. The second-order valence-electron chi connectivity index (χ2n) is 6.24. The number of non-ortho nitro benzene ring substituents is 1. The molecule has 2 aliphatic heterocycles. The van der Waals surface area contributed by atoms with Crippen LogP contribution in [0.15, 0.2) is 24.3 Å². The van der Waals surface area contributed by atoms with Crippen molar-refractivity contribution >= 4 is 23.6 Å². The molecule has 2 fully saturated rings. The van der Waals surface area contributed by atoms with Gasteiger partial charge in [0.15, 0.2) is 0 Å². The van der Waals surface area contributed by atoms with Crippen LogP contribution in [0, 0.1) is 15.5 Å². The minimum absolute atomic E-state index is 0.0743. The molecule has 3 rings (SSSR count). The number of nitrogens with zero attached hydrogens (tertiary/aromatic N) is 3. The molecule has 0 N–H and O–H groups in total. The predicted molar refractivity (Wildman–Crippen MR) is 85.8 cm³/mol. The van der Waals surface area contributed by atoms with Crippen molar-refractivity contribution in [1.29, 1.82) is 0 Å². The number of carbonyl (C=O) groups is 3. The first-order valence-electron chi connectivity index (χ1n) is 7.99. The van der Waals surface area contributed by atoms with Crippen molar-refractivity contribution in [3.05, 3.63) is 34.4 Å². The maximum atomic E-state index is 12.4. The lowest BCUT2D eigenvalue weighted by molar-refractivity contribution is -0.384. The quantitative estimate of drug-likeness (QED) is 0.453. The smallest absolute Gasteiger partial charge is 0.410 e. The molecule has 0 radical (unpaired) electrons. The van der Waals surface area contributed by atoms with Crippen LogP contribution in [-0.2, 0) is 14.4 Å². The van der Waals surface area contributed by atoms with E-state index in [0.717, 1.165) is 5.06 Å². The molecule has 138 valence electrons. The fourth-order valence-corrected chi connectivity index (χ4v) is 3.26. The highest BCUT2D eigenvalue weighted by molar-refractivity contribution is 6.04. The Morgan fingerprint density at radius 2 is 1.81 bits per heavy atom. The first kappa shape index (κ1) is 17.8. The van der Waals surface area contributed by atoms with Crippen molar-refractivity contribution < 1.29 is 28.9 Å². The van der Waals surface area contributed by atoms with Crippen molar-refractivity contribution in [3.8, 4) is 5.75 Å². The van der Waals surface area contributed by atoms with Crippen molar-refractivity contribution in [2.75, 3.05) is 20.2 Å². The van der Waals surface area contributed by atoms with E-state index in [1.807, 2.05) is 0 Å². The van der Waals surface area contributed by atoms with Gasteiger partial charge in [0.05, 0.1) is 17.4 Å². The zero-order chi connectivity index (χ0) is 18.9. The molecule has 0 unspecified atom stereocenters. The van der Waals surface area contributed by atoms with E-state index in [2.05, 4.69) is 0 Å². The first-order chi connectivity index (χ1) is 12.4. The minimum Gasteiger partial charge on any atom is -0.410 e. The standard InChI is InChI=1S/C16H17N3O7/c1-25-18-13(20)10-16(14(18)21)6-8-17(9-7-16)15(22)26-12-4-2-11(3-5-12)19(23)24/h2-5H,6-10H2,1H3. The third-order valence-corrected chi connectivity index (χ3v) is 4.77. The van der Waals surface area contributed by atoms with Gasteiger partial charge in [-0.3, -0.25) is 24.5 Å². The van der Waals surface area contributed by atoms with Gasteiger partial charge in [-0.05, 0) is 25.0 Å². The normalized spacial score (nSPS) is 19.1. The summed E-state index contributed by atoms with van der Waals surface area (Å²) in [6.45, 7) is 0.533. The second-order valence-corrected chi connectivity index (χ2v) is 6.24. The Morgan fingerprint density at radius 3 is 2.31 bits per heavy atom. The number of amides is 3. The fourth-order valence-electron chi connectivity index (χ4n) is 3.26. The van der Waals surface area contributed by atoms with Crippen LogP contribution in [-0.4, -0.2) is 53.0 Å². The van der Waals surface area contributed by atoms with E-state index in [9.17, 15) is 24.5 Å². The number of imide groups is 1. The molecular formula is C16H17N3O7. The summed E-state index contributed by atoms with van der Waals surface area (Å²) in [5.74, 6) is -0.550. The van der Waals surface area contributed by atoms with Crippen molar-refractivity contribution in [2.45, 2.75) is 19.3 Å². The summed E-state index contributed by atoms with van der Waals surface area (Å²) in [4.78, 5) is 52.8. The van der Waals surface area contributed by atoms with E-state index >= 15 is 0 Å². The topological polar surface area (TPSA) is 119 Å². The van der Waals surface area contributed by atoms with Crippen molar-refractivity contribution in [3.63, 3.8) is 0 Å². The van der Waals surface area contributed by atoms with Crippen LogP contribution in [0.1, 0.15) is 19.3 Å². The van der Waals surface area contributed by atoms with Crippen LogP contribution in [0.25, 0.3) is 0 Å². The predicted octanol–water partition coefficient (Wildman–Crippen LogP) is 1.50. The van der Waals surface area contributed by atoms with Crippen molar-refractivity contribution in [2.24, 2.45) is 5.41 Å². The van der Waals surface area contributed by atoms with Gasteiger partial charge in [0, 0.05) is 31.6 Å². The number of ether oxygens (including phenoxy) is 1. The molecule has 2 heterocycles. The number of piperidine rings is 1. The van der Waals surface area contributed by atoms with Gasteiger partial charge >= 0.3 is 6.09 Å². The zero-order valence-electron chi connectivity index (χ0n) is 14.0. The number of nitro benzene ring substituents is 1. The van der Waals surface area contributed by atoms with Gasteiger partial charge in [0.25, 0.3) is 17.5 Å². The van der Waals surface area contributed by atoms with Crippen LogP contribution in [0.2, 0.25) is 0 Å². The van der Waals surface area contributed by atoms with E-state index in [0.29, 0.717) is 12.8 Å². The van der Waals surface area contributed by atoms with Crippen molar-refractivity contribution in [1.82, 2.24) is 9.96 Å². The Hall–Kier alpha value is -3.01.